The number of para-hydroxylation sites is 3. The Morgan fingerprint density at radius 1 is 0.926 bits per heavy atom. The standard InChI is InChI=1S/C22H28N2O3/c1-2-26-21-12-7-6-11-20(21)23-14-16-24(17-15-23)22(25)13-8-18-27-19-9-4-3-5-10-19/h3-7,9-12H,2,8,13-18H2,1H3. The minimum absolute atomic E-state index is 0.212. The van der Waals surface area contributed by atoms with Crippen LogP contribution in [-0.4, -0.2) is 50.2 Å². The number of piperazine rings is 1. The van der Waals surface area contributed by atoms with Gasteiger partial charge in [0.25, 0.3) is 0 Å². The van der Waals surface area contributed by atoms with Gasteiger partial charge in [-0.3, -0.25) is 4.79 Å². The van der Waals surface area contributed by atoms with Crippen molar-refractivity contribution in [1.29, 1.82) is 0 Å². The van der Waals surface area contributed by atoms with E-state index in [4.69, 9.17) is 9.47 Å². The summed E-state index contributed by atoms with van der Waals surface area (Å²) in [5, 5.41) is 0. The molecule has 0 N–H and O–H groups in total. The second-order valence-corrected chi connectivity index (χ2v) is 6.53. The number of rotatable bonds is 8. The van der Waals surface area contributed by atoms with E-state index < -0.39 is 0 Å². The van der Waals surface area contributed by atoms with Crippen LogP contribution in [0, 0.1) is 0 Å². The Bertz CT molecular complexity index is 713. The Balaban J connectivity index is 1.41. The van der Waals surface area contributed by atoms with Crippen LogP contribution in [0.15, 0.2) is 54.6 Å². The Hall–Kier alpha value is -2.69. The minimum Gasteiger partial charge on any atom is -0.494 e. The molecule has 0 spiro atoms. The summed E-state index contributed by atoms with van der Waals surface area (Å²) in [6, 6.07) is 17.8. The maximum Gasteiger partial charge on any atom is 0.222 e. The smallest absolute Gasteiger partial charge is 0.222 e. The van der Waals surface area contributed by atoms with Gasteiger partial charge in [-0.15, -0.1) is 0 Å². The zero-order chi connectivity index (χ0) is 18.9. The van der Waals surface area contributed by atoms with Gasteiger partial charge in [0, 0.05) is 32.6 Å². The summed E-state index contributed by atoms with van der Waals surface area (Å²) in [5.74, 6) is 1.98. The second-order valence-electron chi connectivity index (χ2n) is 6.53. The van der Waals surface area contributed by atoms with E-state index in [9.17, 15) is 4.79 Å². The van der Waals surface area contributed by atoms with Crippen LogP contribution < -0.4 is 14.4 Å². The van der Waals surface area contributed by atoms with Crippen molar-refractivity contribution in [3.63, 3.8) is 0 Å². The molecule has 0 unspecified atom stereocenters. The topological polar surface area (TPSA) is 42.0 Å². The lowest BCUT2D eigenvalue weighted by atomic mass is 10.2. The molecule has 0 aromatic heterocycles. The maximum atomic E-state index is 12.4. The van der Waals surface area contributed by atoms with Crippen molar-refractivity contribution in [2.75, 3.05) is 44.3 Å². The van der Waals surface area contributed by atoms with Gasteiger partial charge in [0.15, 0.2) is 0 Å². The largest absolute Gasteiger partial charge is 0.494 e. The molecule has 0 bridgehead atoms. The normalized spacial score (nSPS) is 14.1. The Labute approximate surface area is 161 Å². The van der Waals surface area contributed by atoms with Crippen LogP contribution in [-0.2, 0) is 4.79 Å². The van der Waals surface area contributed by atoms with Gasteiger partial charge in [-0.05, 0) is 37.6 Å². The molecule has 1 heterocycles. The molecule has 2 aromatic carbocycles. The van der Waals surface area contributed by atoms with Crippen molar-refractivity contribution in [1.82, 2.24) is 4.90 Å². The third kappa shape index (κ3) is 5.39. The van der Waals surface area contributed by atoms with Crippen LogP contribution in [0.5, 0.6) is 11.5 Å². The minimum atomic E-state index is 0.212. The molecule has 1 aliphatic heterocycles. The van der Waals surface area contributed by atoms with Crippen molar-refractivity contribution >= 4 is 11.6 Å². The molecular weight excluding hydrogens is 340 g/mol. The molecule has 1 fully saturated rings. The van der Waals surface area contributed by atoms with Crippen LogP contribution in [0.1, 0.15) is 19.8 Å². The highest BCUT2D eigenvalue weighted by Crippen LogP contribution is 2.28. The van der Waals surface area contributed by atoms with E-state index in [1.807, 2.05) is 60.4 Å². The lowest BCUT2D eigenvalue weighted by Gasteiger charge is -2.36. The fourth-order valence-corrected chi connectivity index (χ4v) is 3.28. The van der Waals surface area contributed by atoms with Gasteiger partial charge in [-0.1, -0.05) is 30.3 Å². The summed E-state index contributed by atoms with van der Waals surface area (Å²) < 4.78 is 11.4. The molecule has 144 valence electrons. The van der Waals surface area contributed by atoms with Crippen molar-refractivity contribution in [2.45, 2.75) is 19.8 Å². The van der Waals surface area contributed by atoms with Crippen LogP contribution in [0.4, 0.5) is 5.69 Å². The predicted molar refractivity (Wildman–Crippen MR) is 108 cm³/mol. The molecule has 1 amide bonds. The van der Waals surface area contributed by atoms with E-state index in [1.54, 1.807) is 0 Å². The van der Waals surface area contributed by atoms with Crippen molar-refractivity contribution < 1.29 is 14.3 Å². The molecule has 3 rings (SSSR count). The highest BCUT2D eigenvalue weighted by atomic mass is 16.5. The second kappa shape index (κ2) is 9.86. The number of hydrogen-bond donors (Lipinski definition) is 0. The molecule has 0 aliphatic carbocycles. The lowest BCUT2D eigenvalue weighted by molar-refractivity contribution is -0.131. The lowest BCUT2D eigenvalue weighted by Crippen LogP contribution is -2.48. The number of amides is 1. The summed E-state index contributed by atoms with van der Waals surface area (Å²) in [7, 11) is 0. The van der Waals surface area contributed by atoms with Gasteiger partial charge < -0.3 is 19.3 Å². The van der Waals surface area contributed by atoms with Crippen molar-refractivity contribution in [3.05, 3.63) is 54.6 Å². The number of ether oxygens (including phenoxy) is 2. The monoisotopic (exact) mass is 368 g/mol. The molecule has 1 saturated heterocycles. The first-order valence-corrected chi connectivity index (χ1v) is 9.70. The van der Waals surface area contributed by atoms with Crippen LogP contribution >= 0.6 is 0 Å². The molecule has 0 atom stereocenters. The number of nitrogens with zero attached hydrogens (tertiary/aromatic N) is 2. The third-order valence-electron chi connectivity index (χ3n) is 4.69. The number of anilines is 1. The van der Waals surface area contributed by atoms with Crippen molar-refractivity contribution in [2.24, 2.45) is 0 Å². The third-order valence-corrected chi connectivity index (χ3v) is 4.69. The van der Waals surface area contributed by atoms with Gasteiger partial charge >= 0.3 is 0 Å². The Kier molecular flexibility index (Phi) is 6.97. The van der Waals surface area contributed by atoms with Gasteiger partial charge in [-0.2, -0.15) is 0 Å². The number of carbonyl (C=O) groups excluding carboxylic acids is 1. The first-order chi connectivity index (χ1) is 13.3. The van der Waals surface area contributed by atoms with Crippen LogP contribution in [0.3, 0.4) is 0 Å². The zero-order valence-electron chi connectivity index (χ0n) is 16.0. The van der Waals surface area contributed by atoms with E-state index in [2.05, 4.69) is 11.0 Å². The predicted octanol–water partition coefficient (Wildman–Crippen LogP) is 3.59. The molecule has 0 radical (unpaired) electrons. The Morgan fingerprint density at radius 3 is 2.37 bits per heavy atom. The molecule has 2 aromatic rings. The van der Waals surface area contributed by atoms with E-state index in [0.29, 0.717) is 19.6 Å². The molecule has 5 nitrogen and oxygen atoms in total. The highest BCUT2D eigenvalue weighted by Gasteiger charge is 2.22. The number of hydrogen-bond acceptors (Lipinski definition) is 4. The average molecular weight is 368 g/mol. The van der Waals surface area contributed by atoms with E-state index in [0.717, 1.165) is 49.8 Å². The molecular formula is C22H28N2O3. The fraction of sp³-hybridized carbons (Fsp3) is 0.409. The quantitative estimate of drug-likeness (QED) is 0.668. The summed E-state index contributed by atoms with van der Waals surface area (Å²) in [5.41, 5.74) is 1.11. The van der Waals surface area contributed by atoms with Gasteiger partial charge in [0.1, 0.15) is 11.5 Å². The van der Waals surface area contributed by atoms with E-state index in [-0.39, 0.29) is 5.91 Å². The van der Waals surface area contributed by atoms with Crippen LogP contribution in [0.25, 0.3) is 0 Å². The van der Waals surface area contributed by atoms with Gasteiger partial charge in [0.2, 0.25) is 5.91 Å². The summed E-state index contributed by atoms with van der Waals surface area (Å²) in [6.07, 6.45) is 1.27. The molecule has 5 heteroatoms. The van der Waals surface area contributed by atoms with Crippen LogP contribution in [0.2, 0.25) is 0 Å². The molecule has 0 saturated carbocycles. The number of carbonyl (C=O) groups is 1. The number of benzene rings is 2. The maximum absolute atomic E-state index is 12.4. The molecule has 1 aliphatic rings. The first-order valence-electron chi connectivity index (χ1n) is 9.70. The molecule has 27 heavy (non-hydrogen) atoms. The Morgan fingerprint density at radius 2 is 1.63 bits per heavy atom. The highest BCUT2D eigenvalue weighted by molar-refractivity contribution is 5.76. The summed E-state index contributed by atoms with van der Waals surface area (Å²) in [6.45, 7) is 6.37. The summed E-state index contributed by atoms with van der Waals surface area (Å²) >= 11 is 0. The average Bonchev–Trinajstić information content (AvgIpc) is 2.73. The fourth-order valence-electron chi connectivity index (χ4n) is 3.28. The van der Waals surface area contributed by atoms with Gasteiger partial charge in [0.05, 0.1) is 18.9 Å². The zero-order valence-corrected chi connectivity index (χ0v) is 16.0. The first kappa shape index (κ1) is 19.1. The van der Waals surface area contributed by atoms with Gasteiger partial charge in [-0.25, -0.2) is 0 Å². The van der Waals surface area contributed by atoms with E-state index in [1.165, 1.54) is 0 Å². The SMILES string of the molecule is CCOc1ccccc1N1CCN(C(=O)CCCOc2ccccc2)CC1. The summed E-state index contributed by atoms with van der Waals surface area (Å²) in [4.78, 5) is 16.7. The van der Waals surface area contributed by atoms with E-state index >= 15 is 0 Å². The van der Waals surface area contributed by atoms with Crippen molar-refractivity contribution in [3.8, 4) is 11.5 Å².